The molecule has 0 aliphatic heterocycles. The minimum atomic E-state index is 0.770. The minimum absolute atomic E-state index is 0.770. The van der Waals surface area contributed by atoms with Gasteiger partial charge in [0.1, 0.15) is 0 Å². The highest BCUT2D eigenvalue weighted by molar-refractivity contribution is 5.08. The summed E-state index contributed by atoms with van der Waals surface area (Å²) in [5.41, 5.74) is 0.770. The third-order valence-corrected chi connectivity index (χ3v) is 5.01. The summed E-state index contributed by atoms with van der Waals surface area (Å²) < 4.78 is 0. The van der Waals surface area contributed by atoms with Gasteiger partial charge in [-0.3, -0.25) is 0 Å². The number of unbranched alkanes of at least 4 members (excludes halogenated alkanes) is 1. The fraction of sp³-hybridized carbons (Fsp3) is 1.00. The van der Waals surface area contributed by atoms with E-state index in [1.165, 1.54) is 32.1 Å². The van der Waals surface area contributed by atoms with Crippen LogP contribution in [0.25, 0.3) is 0 Å². The molecule has 2 aliphatic rings. The summed E-state index contributed by atoms with van der Waals surface area (Å²) in [6.07, 6.45) is 11.9. The molecule has 0 saturated heterocycles. The van der Waals surface area contributed by atoms with Crippen LogP contribution in [0.3, 0.4) is 0 Å². The summed E-state index contributed by atoms with van der Waals surface area (Å²) in [5, 5.41) is 0. The van der Waals surface area contributed by atoms with Gasteiger partial charge >= 0.3 is 0 Å². The zero-order chi connectivity index (χ0) is 10.9. The first kappa shape index (κ1) is 11.5. The van der Waals surface area contributed by atoms with Gasteiger partial charge in [-0.05, 0) is 48.9 Å². The van der Waals surface area contributed by atoms with Crippen LogP contribution in [0.5, 0.6) is 0 Å². The van der Waals surface area contributed by atoms with E-state index in [-0.39, 0.29) is 0 Å². The second-order valence-electron chi connectivity index (χ2n) is 6.28. The molecule has 0 aromatic rings. The third-order valence-electron chi connectivity index (χ3n) is 5.01. The number of hydrogen-bond donors (Lipinski definition) is 0. The summed E-state index contributed by atoms with van der Waals surface area (Å²) in [4.78, 5) is 0. The van der Waals surface area contributed by atoms with Crippen LogP contribution in [0, 0.1) is 23.2 Å². The minimum Gasteiger partial charge on any atom is -0.0654 e. The molecule has 0 radical (unpaired) electrons. The Morgan fingerprint density at radius 2 is 1.87 bits per heavy atom. The molecular weight excluding hydrogens is 180 g/mol. The number of hydrogen-bond acceptors (Lipinski definition) is 0. The normalized spacial score (nSPS) is 36.6. The molecule has 0 spiro atoms. The lowest BCUT2D eigenvalue weighted by atomic mass is 9.81. The monoisotopic (exact) mass is 208 g/mol. The Labute approximate surface area is 95.8 Å². The molecule has 0 amide bonds. The predicted octanol–water partition coefficient (Wildman–Crippen LogP) is 5.03. The smallest absolute Gasteiger partial charge is 0.0263 e. The molecule has 15 heavy (non-hydrogen) atoms. The van der Waals surface area contributed by atoms with Gasteiger partial charge in [0.2, 0.25) is 0 Å². The maximum atomic E-state index is 2.59. The van der Waals surface area contributed by atoms with E-state index in [9.17, 15) is 0 Å². The zero-order valence-corrected chi connectivity index (χ0v) is 10.9. The molecule has 0 bridgehead atoms. The van der Waals surface area contributed by atoms with Crippen LogP contribution in [0.2, 0.25) is 0 Å². The average Bonchev–Trinajstić information content (AvgIpc) is 3.07. The van der Waals surface area contributed by atoms with Crippen molar-refractivity contribution in [2.45, 2.75) is 72.1 Å². The first-order valence-electron chi connectivity index (χ1n) is 7.22. The Bertz CT molecular complexity index is 204. The van der Waals surface area contributed by atoms with Crippen LogP contribution in [0.15, 0.2) is 0 Å². The van der Waals surface area contributed by atoms with Crippen molar-refractivity contribution in [1.82, 2.24) is 0 Å². The van der Waals surface area contributed by atoms with Gasteiger partial charge in [-0.15, -0.1) is 0 Å². The van der Waals surface area contributed by atoms with E-state index in [0.29, 0.717) is 0 Å². The molecular formula is C15H28. The summed E-state index contributed by atoms with van der Waals surface area (Å²) in [6, 6.07) is 0. The van der Waals surface area contributed by atoms with Crippen molar-refractivity contribution in [3.8, 4) is 0 Å². The molecule has 0 nitrogen and oxygen atoms in total. The van der Waals surface area contributed by atoms with E-state index >= 15 is 0 Å². The molecule has 0 heteroatoms. The van der Waals surface area contributed by atoms with Gasteiger partial charge < -0.3 is 0 Å². The third kappa shape index (κ3) is 2.40. The van der Waals surface area contributed by atoms with Gasteiger partial charge in [-0.1, -0.05) is 46.5 Å². The van der Waals surface area contributed by atoms with E-state index in [1.807, 2.05) is 0 Å². The predicted molar refractivity (Wildman–Crippen MR) is 66.9 cm³/mol. The standard InChI is InChI=1S/C15H28/c1-4-6-8-13(7-5-2)15(3)11-14(15)12-9-10-12/h12-14H,4-11H2,1-3H3. The number of rotatable bonds is 7. The lowest BCUT2D eigenvalue weighted by Gasteiger charge is -2.24. The first-order chi connectivity index (χ1) is 7.22. The van der Waals surface area contributed by atoms with Crippen LogP contribution in [0.4, 0.5) is 0 Å². The molecule has 2 aliphatic carbocycles. The summed E-state index contributed by atoms with van der Waals surface area (Å²) >= 11 is 0. The summed E-state index contributed by atoms with van der Waals surface area (Å²) in [5.74, 6) is 3.33. The van der Waals surface area contributed by atoms with Crippen LogP contribution in [0.1, 0.15) is 72.1 Å². The first-order valence-corrected chi connectivity index (χ1v) is 7.22. The van der Waals surface area contributed by atoms with E-state index in [4.69, 9.17) is 0 Å². The Balaban J connectivity index is 1.86. The van der Waals surface area contributed by atoms with Gasteiger partial charge in [0, 0.05) is 0 Å². The van der Waals surface area contributed by atoms with Gasteiger partial charge in [0.25, 0.3) is 0 Å². The van der Waals surface area contributed by atoms with Crippen molar-refractivity contribution in [1.29, 1.82) is 0 Å². The van der Waals surface area contributed by atoms with Crippen LogP contribution < -0.4 is 0 Å². The van der Waals surface area contributed by atoms with Gasteiger partial charge in [0.05, 0.1) is 0 Å². The highest BCUT2D eigenvalue weighted by Crippen LogP contribution is 2.67. The Morgan fingerprint density at radius 1 is 1.13 bits per heavy atom. The molecule has 88 valence electrons. The SMILES string of the molecule is CCCCC(CCC)C1(C)CC1C1CC1. The Hall–Kier alpha value is 0. The van der Waals surface area contributed by atoms with E-state index < -0.39 is 0 Å². The van der Waals surface area contributed by atoms with Crippen molar-refractivity contribution >= 4 is 0 Å². The molecule has 0 N–H and O–H groups in total. The summed E-state index contributed by atoms with van der Waals surface area (Å²) in [6.45, 7) is 7.28. The average molecular weight is 208 g/mol. The van der Waals surface area contributed by atoms with Crippen molar-refractivity contribution in [2.75, 3.05) is 0 Å². The molecule has 2 saturated carbocycles. The fourth-order valence-corrected chi connectivity index (χ4v) is 3.69. The second kappa shape index (κ2) is 4.47. The second-order valence-corrected chi connectivity index (χ2v) is 6.28. The molecule has 3 unspecified atom stereocenters. The van der Waals surface area contributed by atoms with E-state index in [0.717, 1.165) is 23.2 Å². The fourth-order valence-electron chi connectivity index (χ4n) is 3.69. The van der Waals surface area contributed by atoms with Crippen molar-refractivity contribution in [3.63, 3.8) is 0 Å². The van der Waals surface area contributed by atoms with Crippen LogP contribution in [-0.4, -0.2) is 0 Å². The lowest BCUT2D eigenvalue weighted by molar-refractivity contribution is 0.254. The molecule has 0 aromatic carbocycles. The van der Waals surface area contributed by atoms with E-state index in [2.05, 4.69) is 20.8 Å². The Kier molecular flexibility index (Phi) is 3.42. The molecule has 2 fully saturated rings. The lowest BCUT2D eigenvalue weighted by Crippen LogP contribution is -2.15. The topological polar surface area (TPSA) is 0 Å². The maximum Gasteiger partial charge on any atom is -0.0263 e. The van der Waals surface area contributed by atoms with Crippen molar-refractivity contribution < 1.29 is 0 Å². The van der Waals surface area contributed by atoms with Crippen molar-refractivity contribution in [3.05, 3.63) is 0 Å². The zero-order valence-electron chi connectivity index (χ0n) is 10.9. The highest BCUT2D eigenvalue weighted by Gasteiger charge is 2.59. The molecule has 2 rings (SSSR count). The Morgan fingerprint density at radius 3 is 2.40 bits per heavy atom. The van der Waals surface area contributed by atoms with E-state index in [1.54, 1.807) is 19.3 Å². The van der Waals surface area contributed by atoms with Gasteiger partial charge in [-0.25, -0.2) is 0 Å². The van der Waals surface area contributed by atoms with Gasteiger partial charge in [0.15, 0.2) is 0 Å². The molecule has 0 aromatic heterocycles. The summed E-state index contributed by atoms with van der Waals surface area (Å²) in [7, 11) is 0. The highest BCUT2D eigenvalue weighted by atomic mass is 14.6. The largest absolute Gasteiger partial charge is 0.0654 e. The quantitative estimate of drug-likeness (QED) is 0.550. The van der Waals surface area contributed by atoms with Crippen LogP contribution in [-0.2, 0) is 0 Å². The van der Waals surface area contributed by atoms with Crippen LogP contribution >= 0.6 is 0 Å². The molecule has 3 atom stereocenters. The maximum absolute atomic E-state index is 2.59. The van der Waals surface area contributed by atoms with Crippen molar-refractivity contribution in [2.24, 2.45) is 23.2 Å². The molecule has 0 heterocycles. The van der Waals surface area contributed by atoms with Gasteiger partial charge in [-0.2, -0.15) is 0 Å².